The van der Waals surface area contributed by atoms with Crippen molar-refractivity contribution >= 4 is 5.52 Å². The fourth-order valence-electron chi connectivity index (χ4n) is 1.54. The molecule has 0 saturated heterocycles. The minimum atomic E-state index is 0.549. The Labute approximate surface area is 78.2 Å². The maximum Gasteiger partial charge on any atom is 0.0995 e. The van der Waals surface area contributed by atoms with Crippen LogP contribution in [0.25, 0.3) is 5.52 Å². The van der Waals surface area contributed by atoms with Crippen LogP contribution in [0.5, 0.6) is 0 Å². The van der Waals surface area contributed by atoms with Crippen molar-refractivity contribution in [2.45, 2.75) is 26.2 Å². The third kappa shape index (κ3) is 1.32. The molecule has 13 heavy (non-hydrogen) atoms. The van der Waals surface area contributed by atoms with Gasteiger partial charge in [-0.2, -0.15) is 0 Å². The van der Waals surface area contributed by atoms with Crippen molar-refractivity contribution in [1.29, 1.82) is 0 Å². The molecule has 0 aliphatic heterocycles. The van der Waals surface area contributed by atoms with E-state index in [0.29, 0.717) is 5.92 Å². The van der Waals surface area contributed by atoms with Crippen LogP contribution in [0, 0.1) is 0 Å². The Hall–Kier alpha value is -1.31. The molecule has 68 valence electrons. The molecule has 0 bridgehead atoms. The second kappa shape index (κ2) is 3.21. The molecule has 2 aromatic rings. The smallest absolute Gasteiger partial charge is 0.0995 e. The van der Waals surface area contributed by atoms with E-state index in [0.717, 1.165) is 6.42 Å². The summed E-state index contributed by atoms with van der Waals surface area (Å²) in [4.78, 5) is 4.43. The van der Waals surface area contributed by atoms with Gasteiger partial charge in [0.15, 0.2) is 0 Å². The van der Waals surface area contributed by atoms with Crippen molar-refractivity contribution in [3.05, 3.63) is 36.4 Å². The van der Waals surface area contributed by atoms with E-state index in [9.17, 15) is 0 Å². The summed E-state index contributed by atoms with van der Waals surface area (Å²) in [5.41, 5.74) is 2.44. The van der Waals surface area contributed by atoms with Crippen LogP contribution in [-0.4, -0.2) is 9.38 Å². The lowest BCUT2D eigenvalue weighted by molar-refractivity contribution is 0.719. The Kier molecular flexibility index (Phi) is 2.05. The number of rotatable bonds is 2. The standard InChI is InChI=1S/C11H14N2/c1-3-9(2)11-10-6-4-5-7-13(10)8-12-11/h4-9H,3H2,1-2H3. The van der Waals surface area contributed by atoms with Crippen molar-refractivity contribution in [3.8, 4) is 0 Å². The Morgan fingerprint density at radius 3 is 3.08 bits per heavy atom. The van der Waals surface area contributed by atoms with E-state index in [1.165, 1.54) is 11.2 Å². The van der Waals surface area contributed by atoms with Gasteiger partial charge in [0.1, 0.15) is 0 Å². The molecule has 2 heterocycles. The van der Waals surface area contributed by atoms with Gasteiger partial charge >= 0.3 is 0 Å². The summed E-state index contributed by atoms with van der Waals surface area (Å²) in [6, 6.07) is 6.20. The summed E-state index contributed by atoms with van der Waals surface area (Å²) in [5, 5.41) is 0. The first kappa shape index (κ1) is 8.30. The van der Waals surface area contributed by atoms with Crippen LogP contribution in [0.15, 0.2) is 30.7 Å². The lowest BCUT2D eigenvalue weighted by Gasteiger charge is -2.04. The molecule has 0 radical (unpaired) electrons. The summed E-state index contributed by atoms with van der Waals surface area (Å²) >= 11 is 0. The summed E-state index contributed by atoms with van der Waals surface area (Å²) in [5.74, 6) is 0.549. The van der Waals surface area contributed by atoms with Gasteiger partial charge in [-0.05, 0) is 18.6 Å². The zero-order valence-corrected chi connectivity index (χ0v) is 8.07. The monoisotopic (exact) mass is 174 g/mol. The molecule has 0 amide bonds. The maximum absolute atomic E-state index is 4.43. The molecular weight excluding hydrogens is 160 g/mol. The SMILES string of the molecule is CCC(C)c1ncn2ccccc12. The van der Waals surface area contributed by atoms with Gasteiger partial charge in [0.25, 0.3) is 0 Å². The van der Waals surface area contributed by atoms with Crippen molar-refractivity contribution in [2.24, 2.45) is 0 Å². The first-order chi connectivity index (χ1) is 6.33. The zero-order chi connectivity index (χ0) is 9.26. The summed E-state index contributed by atoms with van der Waals surface area (Å²) in [7, 11) is 0. The number of hydrogen-bond donors (Lipinski definition) is 0. The van der Waals surface area contributed by atoms with Gasteiger partial charge in [0.05, 0.1) is 17.5 Å². The predicted octanol–water partition coefficient (Wildman–Crippen LogP) is 2.85. The molecule has 1 atom stereocenters. The van der Waals surface area contributed by atoms with Gasteiger partial charge < -0.3 is 4.40 Å². The van der Waals surface area contributed by atoms with E-state index in [-0.39, 0.29) is 0 Å². The minimum Gasteiger partial charge on any atom is -0.306 e. The normalized spacial score (nSPS) is 13.4. The van der Waals surface area contributed by atoms with Gasteiger partial charge in [0.2, 0.25) is 0 Å². The van der Waals surface area contributed by atoms with Crippen LogP contribution in [0.1, 0.15) is 31.9 Å². The van der Waals surface area contributed by atoms with Gasteiger partial charge in [-0.1, -0.05) is 19.9 Å². The Balaban J connectivity index is 2.57. The fourth-order valence-corrected chi connectivity index (χ4v) is 1.54. The van der Waals surface area contributed by atoms with E-state index < -0.39 is 0 Å². The minimum absolute atomic E-state index is 0.549. The van der Waals surface area contributed by atoms with Crippen LogP contribution in [-0.2, 0) is 0 Å². The summed E-state index contributed by atoms with van der Waals surface area (Å²) in [6.07, 6.45) is 5.06. The summed E-state index contributed by atoms with van der Waals surface area (Å²) in [6.45, 7) is 4.41. The van der Waals surface area contributed by atoms with E-state index in [2.05, 4.69) is 35.4 Å². The lowest BCUT2D eigenvalue weighted by Crippen LogP contribution is -1.92. The molecule has 0 aliphatic rings. The van der Waals surface area contributed by atoms with Crippen LogP contribution < -0.4 is 0 Å². The molecule has 0 aromatic carbocycles. The summed E-state index contributed by atoms with van der Waals surface area (Å²) < 4.78 is 2.07. The largest absolute Gasteiger partial charge is 0.306 e. The van der Waals surface area contributed by atoms with Gasteiger partial charge in [0, 0.05) is 12.1 Å². The molecule has 2 rings (SSSR count). The number of imidazole rings is 1. The van der Waals surface area contributed by atoms with E-state index in [1.807, 2.05) is 18.6 Å². The average Bonchev–Trinajstić information content (AvgIpc) is 2.60. The van der Waals surface area contributed by atoms with Crippen molar-refractivity contribution in [3.63, 3.8) is 0 Å². The molecule has 0 saturated carbocycles. The van der Waals surface area contributed by atoms with Crippen molar-refractivity contribution in [1.82, 2.24) is 9.38 Å². The van der Waals surface area contributed by atoms with Crippen LogP contribution in [0.2, 0.25) is 0 Å². The third-order valence-corrected chi connectivity index (χ3v) is 2.55. The Bertz CT molecular complexity index is 403. The zero-order valence-electron chi connectivity index (χ0n) is 8.07. The number of fused-ring (bicyclic) bond motifs is 1. The van der Waals surface area contributed by atoms with Gasteiger partial charge in [-0.3, -0.25) is 0 Å². The molecule has 2 aromatic heterocycles. The van der Waals surface area contributed by atoms with Gasteiger partial charge in [-0.25, -0.2) is 4.98 Å². The molecule has 2 nitrogen and oxygen atoms in total. The number of pyridine rings is 1. The average molecular weight is 174 g/mol. The van der Waals surface area contributed by atoms with Crippen molar-refractivity contribution in [2.75, 3.05) is 0 Å². The first-order valence-corrected chi connectivity index (χ1v) is 4.74. The van der Waals surface area contributed by atoms with Crippen LogP contribution in [0.4, 0.5) is 0 Å². The molecule has 2 heteroatoms. The highest BCUT2D eigenvalue weighted by Crippen LogP contribution is 2.21. The maximum atomic E-state index is 4.43. The highest BCUT2D eigenvalue weighted by atomic mass is 15.0. The van der Waals surface area contributed by atoms with Crippen molar-refractivity contribution < 1.29 is 0 Å². The number of nitrogens with zero attached hydrogens (tertiary/aromatic N) is 2. The quantitative estimate of drug-likeness (QED) is 0.684. The van der Waals surface area contributed by atoms with Crippen LogP contribution >= 0.6 is 0 Å². The molecule has 0 aliphatic carbocycles. The van der Waals surface area contributed by atoms with E-state index >= 15 is 0 Å². The Morgan fingerprint density at radius 2 is 2.31 bits per heavy atom. The van der Waals surface area contributed by atoms with Crippen LogP contribution in [0.3, 0.4) is 0 Å². The predicted molar refractivity (Wildman–Crippen MR) is 53.9 cm³/mol. The Morgan fingerprint density at radius 1 is 1.46 bits per heavy atom. The topological polar surface area (TPSA) is 17.3 Å². The molecule has 0 N–H and O–H groups in total. The molecule has 0 spiro atoms. The van der Waals surface area contributed by atoms with E-state index in [4.69, 9.17) is 0 Å². The molecule has 1 unspecified atom stereocenters. The second-order valence-corrected chi connectivity index (χ2v) is 3.43. The third-order valence-electron chi connectivity index (χ3n) is 2.55. The number of aromatic nitrogens is 2. The highest BCUT2D eigenvalue weighted by molar-refractivity contribution is 5.52. The first-order valence-electron chi connectivity index (χ1n) is 4.74. The second-order valence-electron chi connectivity index (χ2n) is 3.43. The van der Waals surface area contributed by atoms with E-state index in [1.54, 1.807) is 0 Å². The molecule has 0 fully saturated rings. The van der Waals surface area contributed by atoms with Gasteiger partial charge in [-0.15, -0.1) is 0 Å². The lowest BCUT2D eigenvalue weighted by atomic mass is 10.0. The highest BCUT2D eigenvalue weighted by Gasteiger charge is 2.09. The number of hydrogen-bond acceptors (Lipinski definition) is 1. The molecular formula is C11H14N2. The fraction of sp³-hybridized carbons (Fsp3) is 0.364.